The van der Waals surface area contributed by atoms with Gasteiger partial charge in [0.15, 0.2) is 0 Å². The lowest BCUT2D eigenvalue weighted by atomic mass is 9.62. The third-order valence-electron chi connectivity index (χ3n) is 12.5. The van der Waals surface area contributed by atoms with Gasteiger partial charge in [-0.2, -0.15) is 0 Å². The number of aliphatic hydroxyl groups is 1. The van der Waals surface area contributed by atoms with Crippen molar-refractivity contribution in [2.75, 3.05) is 24.6 Å². The molecule has 1 spiro atoms. The number of pyridine rings is 1. The number of carbonyl (C=O) groups is 1. The van der Waals surface area contributed by atoms with E-state index in [2.05, 4.69) is 26.7 Å². The van der Waals surface area contributed by atoms with E-state index < -0.39 is 26.8 Å². The maximum Gasteiger partial charge on any atom is 0.264 e. The number of sulfonamides is 1. The minimum absolute atomic E-state index is 0.100. The monoisotopic (exact) mass is 751 g/mol. The summed E-state index contributed by atoms with van der Waals surface area (Å²) in [5.74, 6) is -0.379. The Labute approximate surface area is 317 Å². The molecule has 2 aliphatic carbocycles. The molecule has 0 radical (unpaired) electrons. The highest BCUT2D eigenvalue weighted by Gasteiger charge is 2.49. The molecule has 53 heavy (non-hydrogen) atoms. The Morgan fingerprint density at radius 3 is 2.60 bits per heavy atom. The molecule has 2 bridgehead atoms. The number of nitrogens with one attached hydrogen (secondary N) is 1. The highest BCUT2D eigenvalue weighted by atomic mass is 35.5. The number of ether oxygens (including phenoxy) is 1. The number of hydrogen-bond acceptors (Lipinski definition) is 7. The number of fused-ring (bicyclic) bond motifs is 4. The standard InChI is InChI=1S/C43H46ClN3O5S/c1-28-8-6-19-43(49,35-20-34(23-45-24-35)30-9-4-3-5-10-30)38-15-12-33(38)25-47-26-42(18-7-11-31-21-36(44)14-16-37(31)42)27-52-40-17-13-32(22-39(40)47)41(48)46-53(50,51)29(28)2/h3-6,9-10,13-14,16-17,19-24,28-29,33,38,49H,7-8,11-12,15,18,25-27H2,1-2H3,(H,46,48)/b19-6+/t28-,29+,33-,38+,42-,43-/m0/s1. The minimum Gasteiger partial charge on any atom is -0.490 e. The summed E-state index contributed by atoms with van der Waals surface area (Å²) < 4.78 is 36.2. The van der Waals surface area contributed by atoms with E-state index in [1.54, 1.807) is 31.3 Å². The molecule has 4 aromatic rings. The van der Waals surface area contributed by atoms with Crippen molar-refractivity contribution in [2.24, 2.45) is 17.8 Å². The predicted octanol–water partition coefficient (Wildman–Crippen LogP) is 7.83. The molecule has 8 nitrogen and oxygen atoms in total. The maximum atomic E-state index is 13.6. The molecule has 2 N–H and O–H groups in total. The fraction of sp³-hybridized carbons (Fsp3) is 0.395. The summed E-state index contributed by atoms with van der Waals surface area (Å²) in [4.78, 5) is 20.6. The van der Waals surface area contributed by atoms with Crippen LogP contribution in [0.25, 0.3) is 11.1 Å². The molecule has 10 heteroatoms. The summed E-state index contributed by atoms with van der Waals surface area (Å²) in [7, 11) is -4.02. The zero-order chi connectivity index (χ0) is 37.0. The highest BCUT2D eigenvalue weighted by Crippen LogP contribution is 2.51. The van der Waals surface area contributed by atoms with Crippen LogP contribution in [-0.4, -0.2) is 49.4 Å². The molecule has 1 aromatic heterocycles. The molecular formula is C43H46ClN3O5S. The van der Waals surface area contributed by atoms with Gasteiger partial charge in [0.25, 0.3) is 5.91 Å². The molecule has 3 aromatic carbocycles. The molecule has 1 saturated carbocycles. The summed E-state index contributed by atoms with van der Waals surface area (Å²) in [6.45, 7) is 5.19. The highest BCUT2D eigenvalue weighted by molar-refractivity contribution is 7.90. The van der Waals surface area contributed by atoms with E-state index in [1.165, 1.54) is 11.1 Å². The average molecular weight is 752 g/mol. The summed E-state index contributed by atoms with van der Waals surface area (Å²) in [6.07, 6.45) is 12.4. The molecule has 2 aliphatic heterocycles. The first kappa shape index (κ1) is 35.8. The number of nitrogens with zero attached hydrogens (tertiary/aromatic N) is 2. The quantitative estimate of drug-likeness (QED) is 0.201. The maximum absolute atomic E-state index is 13.6. The normalized spacial score (nSPS) is 30.1. The van der Waals surface area contributed by atoms with Gasteiger partial charge >= 0.3 is 0 Å². The number of rotatable bonds is 2. The van der Waals surface area contributed by atoms with Gasteiger partial charge in [-0.3, -0.25) is 9.78 Å². The number of hydrogen-bond donors (Lipinski definition) is 2. The van der Waals surface area contributed by atoms with Gasteiger partial charge in [-0.15, -0.1) is 0 Å². The molecule has 276 valence electrons. The van der Waals surface area contributed by atoms with E-state index in [0.29, 0.717) is 42.5 Å². The number of halogens is 1. The van der Waals surface area contributed by atoms with E-state index in [1.807, 2.05) is 67.7 Å². The van der Waals surface area contributed by atoms with Crippen LogP contribution < -0.4 is 14.4 Å². The second-order valence-corrected chi connectivity index (χ2v) is 18.2. The van der Waals surface area contributed by atoms with Gasteiger partial charge in [0.2, 0.25) is 10.0 Å². The number of aryl methyl sites for hydroxylation is 1. The number of benzene rings is 3. The van der Waals surface area contributed by atoms with Gasteiger partial charge in [-0.25, -0.2) is 13.1 Å². The first-order chi connectivity index (χ1) is 25.5. The smallest absolute Gasteiger partial charge is 0.264 e. The van der Waals surface area contributed by atoms with Crippen molar-refractivity contribution >= 4 is 33.2 Å². The van der Waals surface area contributed by atoms with Crippen molar-refractivity contribution in [1.82, 2.24) is 9.71 Å². The van der Waals surface area contributed by atoms with Crippen LogP contribution in [-0.2, 0) is 27.5 Å². The van der Waals surface area contributed by atoms with Gasteiger partial charge in [-0.05, 0) is 110 Å². The molecule has 1 amide bonds. The van der Waals surface area contributed by atoms with Gasteiger partial charge in [0.1, 0.15) is 11.4 Å². The van der Waals surface area contributed by atoms with E-state index in [-0.39, 0.29) is 28.7 Å². The Kier molecular flexibility index (Phi) is 9.40. The summed E-state index contributed by atoms with van der Waals surface area (Å²) in [5.41, 5.74) is 4.42. The fourth-order valence-electron chi connectivity index (χ4n) is 9.03. The van der Waals surface area contributed by atoms with Crippen LogP contribution in [0, 0.1) is 17.8 Å². The van der Waals surface area contributed by atoms with Crippen molar-refractivity contribution in [3.63, 3.8) is 0 Å². The fourth-order valence-corrected chi connectivity index (χ4v) is 10.5. The number of allylic oxidation sites excluding steroid dienone is 1. The average Bonchev–Trinajstić information content (AvgIpc) is 3.29. The predicted molar refractivity (Wildman–Crippen MR) is 209 cm³/mol. The molecule has 4 aliphatic rings. The number of carbonyl (C=O) groups excluding carboxylic acids is 1. The summed E-state index contributed by atoms with van der Waals surface area (Å²) in [6, 6.07) is 23.4. The topological polar surface area (TPSA) is 109 Å². The largest absolute Gasteiger partial charge is 0.490 e. The lowest BCUT2D eigenvalue weighted by Gasteiger charge is -2.49. The Hall–Kier alpha value is -4.18. The minimum atomic E-state index is -4.02. The molecule has 0 unspecified atom stereocenters. The summed E-state index contributed by atoms with van der Waals surface area (Å²) >= 11 is 6.48. The van der Waals surface area contributed by atoms with Gasteiger partial charge in [0.05, 0.1) is 17.5 Å². The number of aromatic nitrogens is 1. The number of anilines is 1. The Morgan fingerprint density at radius 2 is 1.81 bits per heavy atom. The van der Waals surface area contributed by atoms with E-state index in [0.717, 1.165) is 48.9 Å². The van der Waals surface area contributed by atoms with Crippen molar-refractivity contribution in [3.8, 4) is 16.9 Å². The lowest BCUT2D eigenvalue weighted by molar-refractivity contribution is -0.0502. The van der Waals surface area contributed by atoms with Gasteiger partial charge < -0.3 is 14.7 Å². The molecule has 0 saturated heterocycles. The zero-order valence-electron chi connectivity index (χ0n) is 30.2. The van der Waals surface area contributed by atoms with Gasteiger partial charge in [-0.1, -0.05) is 67.1 Å². The Bertz CT molecular complexity index is 2180. The Morgan fingerprint density at radius 1 is 0.981 bits per heavy atom. The molecule has 6 atom stereocenters. The first-order valence-electron chi connectivity index (χ1n) is 18.7. The van der Waals surface area contributed by atoms with E-state index in [9.17, 15) is 18.3 Å². The van der Waals surface area contributed by atoms with Gasteiger partial charge in [0, 0.05) is 58.5 Å². The van der Waals surface area contributed by atoms with Crippen LogP contribution in [0.5, 0.6) is 5.75 Å². The summed E-state index contributed by atoms with van der Waals surface area (Å²) in [5, 5.41) is 12.8. The van der Waals surface area contributed by atoms with Crippen molar-refractivity contribution in [3.05, 3.63) is 125 Å². The van der Waals surface area contributed by atoms with Crippen molar-refractivity contribution in [2.45, 2.75) is 68.6 Å². The van der Waals surface area contributed by atoms with Crippen LogP contribution in [0.1, 0.15) is 73.0 Å². The third-order valence-corrected chi connectivity index (χ3v) is 14.6. The van der Waals surface area contributed by atoms with Crippen LogP contribution in [0.2, 0.25) is 5.02 Å². The molecular weight excluding hydrogens is 706 g/mol. The number of amides is 1. The van der Waals surface area contributed by atoms with Crippen LogP contribution in [0.4, 0.5) is 5.69 Å². The van der Waals surface area contributed by atoms with Crippen LogP contribution >= 0.6 is 11.6 Å². The van der Waals surface area contributed by atoms with Crippen molar-refractivity contribution in [1.29, 1.82) is 0 Å². The second kappa shape index (κ2) is 13.9. The van der Waals surface area contributed by atoms with E-state index >= 15 is 0 Å². The van der Waals surface area contributed by atoms with Crippen LogP contribution in [0.3, 0.4) is 0 Å². The lowest BCUT2D eigenvalue weighted by Crippen LogP contribution is -2.51. The van der Waals surface area contributed by atoms with Crippen molar-refractivity contribution < 1.29 is 23.1 Å². The molecule has 1 fully saturated rings. The first-order valence-corrected chi connectivity index (χ1v) is 20.7. The molecule has 3 heterocycles. The zero-order valence-corrected chi connectivity index (χ0v) is 31.7. The third kappa shape index (κ3) is 6.66. The second-order valence-electron chi connectivity index (χ2n) is 15.7. The SMILES string of the molecule is C[C@@H]1[C@@H](C)C/C=C/[C@](O)(c2cncc(-c3ccccc3)c2)[C@@H]2CC[C@H]2CN2C[C@@]3(CCCc4cc(Cl)ccc43)COc3ccc(cc32)C(=O)NS1(=O)=O. The van der Waals surface area contributed by atoms with Crippen LogP contribution in [0.15, 0.2) is 97.3 Å². The van der Waals surface area contributed by atoms with E-state index in [4.69, 9.17) is 16.3 Å². The Balaban J connectivity index is 1.24. The molecule has 8 rings (SSSR count).